The van der Waals surface area contributed by atoms with Crippen molar-refractivity contribution < 1.29 is 18.3 Å². The fraction of sp³-hybridized carbons (Fsp3) is 0.316. The molecule has 0 radical (unpaired) electrons. The highest BCUT2D eigenvalue weighted by atomic mass is 32.2. The van der Waals surface area contributed by atoms with E-state index in [1.54, 1.807) is 36.0 Å². The van der Waals surface area contributed by atoms with Gasteiger partial charge in [-0.25, -0.2) is 13.4 Å². The van der Waals surface area contributed by atoms with E-state index in [4.69, 9.17) is 4.74 Å². The van der Waals surface area contributed by atoms with Crippen LogP contribution in [0.15, 0.2) is 47.5 Å². The average molecular weight is 407 g/mol. The number of fused-ring (bicyclic) bond motifs is 1. The van der Waals surface area contributed by atoms with Gasteiger partial charge in [-0.1, -0.05) is 17.7 Å². The van der Waals surface area contributed by atoms with Crippen LogP contribution in [0.4, 0.5) is 11.4 Å². The summed E-state index contributed by atoms with van der Waals surface area (Å²) in [6.07, 6.45) is 1.28. The maximum Gasteiger partial charge on any atom is 0.229 e. The van der Waals surface area contributed by atoms with Crippen molar-refractivity contribution in [2.24, 2.45) is 4.99 Å². The molecule has 0 aliphatic carbocycles. The average Bonchev–Trinajstić information content (AvgIpc) is 3.00. The fourth-order valence-electron chi connectivity index (χ4n) is 2.65. The van der Waals surface area contributed by atoms with Crippen LogP contribution in [0.2, 0.25) is 0 Å². The van der Waals surface area contributed by atoms with E-state index in [2.05, 4.69) is 28.8 Å². The lowest BCUT2D eigenvalue weighted by Crippen LogP contribution is -2.21. The lowest BCUT2D eigenvalue weighted by atomic mass is 10.1. The highest BCUT2D eigenvalue weighted by Gasteiger charge is 2.16. The van der Waals surface area contributed by atoms with Crippen LogP contribution in [0.3, 0.4) is 0 Å². The molecule has 1 atom stereocenters. The maximum absolute atomic E-state index is 11.2. The number of aliphatic hydroxyl groups is 1. The van der Waals surface area contributed by atoms with Crippen molar-refractivity contribution in [1.82, 2.24) is 0 Å². The molecule has 1 aliphatic heterocycles. The van der Waals surface area contributed by atoms with Crippen LogP contribution in [0.25, 0.3) is 0 Å². The van der Waals surface area contributed by atoms with E-state index in [9.17, 15) is 13.5 Å². The minimum Gasteiger partial charge on any atom is -0.491 e. The maximum atomic E-state index is 11.2. The highest BCUT2D eigenvalue weighted by molar-refractivity contribution is 8.14. The van der Waals surface area contributed by atoms with E-state index < -0.39 is 16.1 Å². The number of aliphatic imine (C=N–C) groups is 1. The monoisotopic (exact) mass is 406 g/mol. The van der Waals surface area contributed by atoms with Gasteiger partial charge < -0.3 is 9.84 Å². The van der Waals surface area contributed by atoms with Gasteiger partial charge in [0.25, 0.3) is 0 Å². The van der Waals surface area contributed by atoms with Gasteiger partial charge in [-0.15, -0.1) is 11.8 Å². The lowest BCUT2D eigenvalue weighted by Gasteiger charge is -2.12. The normalized spacial score (nSPS) is 14.4. The molecule has 2 aromatic carbocycles. The lowest BCUT2D eigenvalue weighted by molar-refractivity contribution is 0.126. The number of thioether (sulfide) groups is 1. The van der Waals surface area contributed by atoms with Gasteiger partial charge in [0.15, 0.2) is 0 Å². The number of nitrogens with one attached hydrogen (secondary N) is 1. The van der Waals surface area contributed by atoms with Crippen molar-refractivity contribution in [2.75, 3.05) is 23.3 Å². The molecular weight excluding hydrogens is 384 g/mol. The van der Waals surface area contributed by atoms with Crippen molar-refractivity contribution in [1.29, 1.82) is 0 Å². The number of nitrogens with zero attached hydrogens (tertiary/aromatic N) is 1. The zero-order valence-electron chi connectivity index (χ0n) is 15.2. The van der Waals surface area contributed by atoms with Crippen molar-refractivity contribution >= 4 is 38.2 Å². The van der Waals surface area contributed by atoms with Crippen molar-refractivity contribution in [2.45, 2.75) is 19.4 Å². The van der Waals surface area contributed by atoms with Gasteiger partial charge in [0.2, 0.25) is 10.0 Å². The zero-order valence-corrected chi connectivity index (χ0v) is 16.8. The number of aliphatic hydroxyl groups excluding tert-OH is 1. The Bertz CT molecular complexity index is 941. The Kier molecular flexibility index (Phi) is 6.08. The second kappa shape index (κ2) is 8.33. The molecule has 1 heterocycles. The molecule has 27 heavy (non-hydrogen) atoms. The van der Waals surface area contributed by atoms with Gasteiger partial charge in [0.1, 0.15) is 12.4 Å². The molecule has 2 N–H and O–H groups in total. The summed E-state index contributed by atoms with van der Waals surface area (Å²) in [5.74, 6) is 1.07. The summed E-state index contributed by atoms with van der Waals surface area (Å²) in [4.78, 5) is 4.59. The third-order valence-electron chi connectivity index (χ3n) is 3.86. The zero-order chi connectivity index (χ0) is 19.4. The molecule has 1 aliphatic rings. The Labute approximate surface area is 163 Å². The van der Waals surface area contributed by atoms with Crippen molar-refractivity contribution in [3.8, 4) is 5.75 Å². The largest absolute Gasteiger partial charge is 0.491 e. The van der Waals surface area contributed by atoms with Crippen LogP contribution < -0.4 is 9.46 Å². The Morgan fingerprint density at radius 1 is 1.26 bits per heavy atom. The molecule has 0 aromatic heterocycles. The van der Waals surface area contributed by atoms with E-state index in [1.165, 1.54) is 11.1 Å². The first kappa shape index (κ1) is 19.7. The molecule has 8 heteroatoms. The van der Waals surface area contributed by atoms with E-state index in [0.717, 1.165) is 23.4 Å². The number of hydrogen-bond donors (Lipinski definition) is 2. The van der Waals surface area contributed by atoms with Crippen LogP contribution >= 0.6 is 11.8 Å². The van der Waals surface area contributed by atoms with E-state index in [1.807, 2.05) is 6.07 Å². The van der Waals surface area contributed by atoms with Crippen LogP contribution in [0.5, 0.6) is 5.75 Å². The van der Waals surface area contributed by atoms with E-state index in [0.29, 0.717) is 17.2 Å². The number of anilines is 1. The second-order valence-corrected chi connectivity index (χ2v) is 9.33. The van der Waals surface area contributed by atoms with Gasteiger partial charge in [-0.3, -0.25) is 4.72 Å². The Balaban J connectivity index is 1.43. The Morgan fingerprint density at radius 3 is 2.70 bits per heavy atom. The van der Waals surface area contributed by atoms with E-state index in [-0.39, 0.29) is 6.61 Å². The van der Waals surface area contributed by atoms with Crippen LogP contribution in [0, 0.1) is 6.92 Å². The first-order chi connectivity index (χ1) is 12.8. The quantitative estimate of drug-likeness (QED) is 0.738. The van der Waals surface area contributed by atoms with E-state index >= 15 is 0 Å². The van der Waals surface area contributed by atoms with Gasteiger partial charge >= 0.3 is 0 Å². The molecule has 0 saturated carbocycles. The Morgan fingerprint density at radius 2 is 2.00 bits per heavy atom. The minimum atomic E-state index is -3.30. The van der Waals surface area contributed by atoms with Crippen molar-refractivity contribution in [3.05, 3.63) is 53.6 Å². The number of aryl methyl sites for hydroxylation is 1. The number of sulfonamides is 1. The summed E-state index contributed by atoms with van der Waals surface area (Å²) in [7, 11) is -3.30. The molecular formula is C19H22N2O4S2. The molecule has 0 bridgehead atoms. The highest BCUT2D eigenvalue weighted by Crippen LogP contribution is 2.31. The summed E-state index contributed by atoms with van der Waals surface area (Å²) in [6.45, 7) is 2.22. The molecule has 0 unspecified atom stereocenters. The number of rotatable bonds is 7. The summed E-state index contributed by atoms with van der Waals surface area (Å²) in [5.41, 5.74) is 3.93. The van der Waals surface area contributed by atoms with Gasteiger partial charge in [0, 0.05) is 17.9 Å². The van der Waals surface area contributed by atoms with Crippen LogP contribution in [-0.2, 0) is 16.4 Å². The molecule has 0 amide bonds. The number of ether oxygens (including phenoxy) is 1. The molecule has 6 nitrogen and oxygen atoms in total. The summed E-state index contributed by atoms with van der Waals surface area (Å²) < 4.78 is 30.3. The summed E-state index contributed by atoms with van der Waals surface area (Å²) >= 11 is 1.54. The molecule has 0 fully saturated rings. The Hall–Kier alpha value is -2.03. The molecule has 3 rings (SSSR count). The van der Waals surface area contributed by atoms with Gasteiger partial charge in [-0.05, 0) is 42.8 Å². The summed E-state index contributed by atoms with van der Waals surface area (Å²) in [6, 6.07) is 12.8. The minimum absolute atomic E-state index is 0.158. The third kappa shape index (κ3) is 5.98. The topological polar surface area (TPSA) is 88.0 Å². The standard InChI is InChI=1S/C19H22N2O4S2/c1-13-3-8-18-14(9-13)10-19(20-18)26-12-16(22)11-25-17-6-4-15(5-7-17)21-27(2,23)24/h3-9,16,21-22H,10-12H2,1-2H3/t16-/m1/s1. The SMILES string of the molecule is Cc1ccc2c(c1)CC(SC[C@H](O)COc1ccc(NS(C)(=O)=O)cc1)=N2. The predicted molar refractivity (Wildman–Crippen MR) is 111 cm³/mol. The molecule has 2 aromatic rings. The first-order valence-corrected chi connectivity index (χ1v) is 11.3. The molecule has 0 spiro atoms. The molecule has 144 valence electrons. The van der Waals surface area contributed by atoms with Crippen molar-refractivity contribution in [3.63, 3.8) is 0 Å². The summed E-state index contributed by atoms with van der Waals surface area (Å²) in [5, 5.41) is 11.2. The first-order valence-electron chi connectivity index (χ1n) is 8.47. The predicted octanol–water partition coefficient (Wildman–Crippen LogP) is 3.13. The van der Waals surface area contributed by atoms with Crippen LogP contribution in [-0.4, -0.2) is 43.3 Å². The van der Waals surface area contributed by atoms with Crippen LogP contribution in [0.1, 0.15) is 11.1 Å². The van der Waals surface area contributed by atoms with Gasteiger partial charge in [0.05, 0.1) is 23.1 Å². The smallest absolute Gasteiger partial charge is 0.229 e. The van der Waals surface area contributed by atoms with Gasteiger partial charge in [-0.2, -0.15) is 0 Å². The number of hydrogen-bond acceptors (Lipinski definition) is 6. The molecule has 0 saturated heterocycles. The number of benzene rings is 2. The third-order valence-corrected chi connectivity index (χ3v) is 5.59. The second-order valence-electron chi connectivity index (χ2n) is 6.49. The fourth-order valence-corrected chi connectivity index (χ4v) is 4.12.